The molecule has 4 N–H and O–H groups in total. The van der Waals surface area contributed by atoms with Gasteiger partial charge in [0.2, 0.25) is 0 Å². The summed E-state index contributed by atoms with van der Waals surface area (Å²) in [5, 5.41) is 19.2. The molecule has 19 heavy (non-hydrogen) atoms. The van der Waals surface area contributed by atoms with Gasteiger partial charge in [-0.3, -0.25) is 4.79 Å². The molecular formula is C15H13NO3. The smallest absolute Gasteiger partial charge is 0.191 e. The molecule has 0 heterocycles. The molecule has 2 rings (SSSR count). The monoisotopic (exact) mass is 255 g/mol. The standard InChI is InChI=1S/C15H13NO3/c16-11-5-3-7-13(18)15(11)14(19)9-8-10-4-1-2-6-12(10)17/h1-9,17-18H,16H2/b9-8+. The Labute approximate surface area is 110 Å². The summed E-state index contributed by atoms with van der Waals surface area (Å²) in [4.78, 5) is 12.0. The van der Waals surface area contributed by atoms with Gasteiger partial charge in [-0.1, -0.05) is 24.3 Å². The zero-order valence-electron chi connectivity index (χ0n) is 10.1. The summed E-state index contributed by atoms with van der Waals surface area (Å²) in [5.41, 5.74) is 6.45. The zero-order valence-corrected chi connectivity index (χ0v) is 10.1. The average Bonchev–Trinajstić information content (AvgIpc) is 2.37. The van der Waals surface area contributed by atoms with E-state index in [1.807, 2.05) is 0 Å². The normalized spacial score (nSPS) is 10.7. The van der Waals surface area contributed by atoms with E-state index < -0.39 is 5.78 Å². The van der Waals surface area contributed by atoms with Gasteiger partial charge in [-0.2, -0.15) is 0 Å². The first-order valence-corrected chi connectivity index (χ1v) is 5.67. The van der Waals surface area contributed by atoms with Crippen molar-refractivity contribution in [2.75, 3.05) is 5.73 Å². The third kappa shape index (κ3) is 2.74. The first kappa shape index (κ1) is 12.7. The van der Waals surface area contributed by atoms with E-state index in [2.05, 4.69) is 0 Å². The van der Waals surface area contributed by atoms with Crippen LogP contribution in [-0.4, -0.2) is 16.0 Å². The molecule has 0 aliphatic heterocycles. The Hall–Kier alpha value is -2.75. The lowest BCUT2D eigenvalue weighted by molar-refractivity contribution is 0.104. The van der Waals surface area contributed by atoms with Crippen LogP contribution in [0.15, 0.2) is 48.5 Å². The number of nitrogens with two attached hydrogens (primary N) is 1. The molecule has 0 saturated heterocycles. The molecule has 0 fully saturated rings. The lowest BCUT2D eigenvalue weighted by atomic mass is 10.1. The molecule has 96 valence electrons. The third-order valence-electron chi connectivity index (χ3n) is 2.67. The number of carbonyl (C=O) groups excluding carboxylic acids is 1. The highest BCUT2D eigenvalue weighted by molar-refractivity contribution is 6.12. The van der Waals surface area contributed by atoms with E-state index in [9.17, 15) is 15.0 Å². The quantitative estimate of drug-likeness (QED) is 0.447. The Bertz CT molecular complexity index is 627. The molecule has 0 atom stereocenters. The van der Waals surface area contributed by atoms with Crippen LogP contribution in [0.2, 0.25) is 0 Å². The molecule has 0 spiro atoms. The minimum absolute atomic E-state index is 0.0640. The van der Waals surface area contributed by atoms with Crippen LogP contribution < -0.4 is 5.73 Å². The van der Waals surface area contributed by atoms with Crippen LogP contribution >= 0.6 is 0 Å². The number of para-hydroxylation sites is 1. The van der Waals surface area contributed by atoms with Crippen LogP contribution in [0.25, 0.3) is 6.08 Å². The van der Waals surface area contributed by atoms with E-state index in [0.29, 0.717) is 5.56 Å². The van der Waals surface area contributed by atoms with Gasteiger partial charge in [-0.15, -0.1) is 0 Å². The van der Waals surface area contributed by atoms with Crippen LogP contribution in [0, 0.1) is 0 Å². The number of phenols is 2. The fraction of sp³-hybridized carbons (Fsp3) is 0. The van der Waals surface area contributed by atoms with Gasteiger partial charge in [-0.05, 0) is 30.4 Å². The van der Waals surface area contributed by atoms with Crippen molar-refractivity contribution in [1.82, 2.24) is 0 Å². The number of aromatic hydroxyl groups is 2. The number of rotatable bonds is 3. The van der Waals surface area contributed by atoms with Gasteiger partial charge < -0.3 is 15.9 Å². The second kappa shape index (κ2) is 5.27. The van der Waals surface area contributed by atoms with Crippen molar-refractivity contribution in [3.63, 3.8) is 0 Å². The Morgan fingerprint density at radius 1 is 1.00 bits per heavy atom. The van der Waals surface area contributed by atoms with Gasteiger partial charge in [0.25, 0.3) is 0 Å². The largest absolute Gasteiger partial charge is 0.507 e. The van der Waals surface area contributed by atoms with Crippen molar-refractivity contribution in [2.45, 2.75) is 0 Å². The second-order valence-corrected chi connectivity index (χ2v) is 4.00. The number of hydrogen-bond acceptors (Lipinski definition) is 4. The predicted molar refractivity (Wildman–Crippen MR) is 74.0 cm³/mol. The first-order chi connectivity index (χ1) is 9.09. The Balaban J connectivity index is 2.30. The van der Waals surface area contributed by atoms with Gasteiger partial charge in [0.05, 0.1) is 5.56 Å². The number of ketones is 1. The fourth-order valence-electron chi connectivity index (χ4n) is 1.70. The maximum absolute atomic E-state index is 12.0. The number of nitrogen functional groups attached to an aromatic ring is 1. The number of benzene rings is 2. The topological polar surface area (TPSA) is 83.5 Å². The number of anilines is 1. The van der Waals surface area contributed by atoms with Crippen molar-refractivity contribution in [3.8, 4) is 11.5 Å². The van der Waals surface area contributed by atoms with Crippen molar-refractivity contribution >= 4 is 17.5 Å². The second-order valence-electron chi connectivity index (χ2n) is 4.00. The maximum atomic E-state index is 12.0. The van der Waals surface area contributed by atoms with E-state index in [-0.39, 0.29) is 22.7 Å². The molecule has 0 unspecified atom stereocenters. The van der Waals surface area contributed by atoms with E-state index in [1.165, 1.54) is 24.3 Å². The highest BCUT2D eigenvalue weighted by Crippen LogP contribution is 2.24. The molecule has 0 aliphatic rings. The number of carbonyl (C=O) groups is 1. The Kier molecular flexibility index (Phi) is 3.52. The summed E-state index contributed by atoms with van der Waals surface area (Å²) in [5.74, 6) is -0.498. The van der Waals surface area contributed by atoms with Crippen LogP contribution in [0.3, 0.4) is 0 Å². The van der Waals surface area contributed by atoms with Crippen LogP contribution in [-0.2, 0) is 0 Å². The van der Waals surface area contributed by atoms with Crippen molar-refractivity contribution in [3.05, 3.63) is 59.7 Å². The summed E-state index contributed by atoms with van der Waals surface area (Å²) >= 11 is 0. The fourth-order valence-corrected chi connectivity index (χ4v) is 1.70. The highest BCUT2D eigenvalue weighted by Gasteiger charge is 2.11. The Morgan fingerprint density at radius 2 is 1.68 bits per heavy atom. The molecule has 4 heteroatoms. The van der Waals surface area contributed by atoms with Crippen LogP contribution in [0.5, 0.6) is 11.5 Å². The summed E-state index contributed by atoms with van der Waals surface area (Å²) in [6, 6.07) is 11.1. The maximum Gasteiger partial charge on any atom is 0.191 e. The number of allylic oxidation sites excluding steroid dienone is 1. The molecule has 4 nitrogen and oxygen atoms in total. The van der Waals surface area contributed by atoms with Crippen molar-refractivity contribution in [2.24, 2.45) is 0 Å². The summed E-state index contributed by atoms with van der Waals surface area (Å²) < 4.78 is 0. The molecule has 0 saturated carbocycles. The van der Waals surface area contributed by atoms with Crippen molar-refractivity contribution < 1.29 is 15.0 Å². The number of phenolic OH excluding ortho intramolecular Hbond substituents is 2. The first-order valence-electron chi connectivity index (χ1n) is 5.67. The molecule has 0 aromatic heterocycles. The highest BCUT2D eigenvalue weighted by atomic mass is 16.3. The molecular weight excluding hydrogens is 242 g/mol. The van der Waals surface area contributed by atoms with Gasteiger partial charge in [0, 0.05) is 11.3 Å². The van der Waals surface area contributed by atoms with Crippen molar-refractivity contribution in [1.29, 1.82) is 0 Å². The zero-order chi connectivity index (χ0) is 13.8. The molecule has 2 aromatic rings. The SMILES string of the molecule is Nc1cccc(O)c1C(=O)/C=C/c1ccccc1O. The molecule has 0 aliphatic carbocycles. The van der Waals surface area contributed by atoms with E-state index in [4.69, 9.17) is 5.73 Å². The predicted octanol–water partition coefficient (Wildman–Crippen LogP) is 2.58. The molecule has 2 aromatic carbocycles. The van der Waals surface area contributed by atoms with Gasteiger partial charge >= 0.3 is 0 Å². The molecule has 0 radical (unpaired) electrons. The number of hydrogen-bond donors (Lipinski definition) is 3. The minimum Gasteiger partial charge on any atom is -0.507 e. The van der Waals surface area contributed by atoms with E-state index in [0.717, 1.165) is 0 Å². The third-order valence-corrected chi connectivity index (χ3v) is 2.67. The lowest BCUT2D eigenvalue weighted by Gasteiger charge is -2.04. The van der Waals surface area contributed by atoms with Crippen LogP contribution in [0.4, 0.5) is 5.69 Å². The Morgan fingerprint density at radius 3 is 2.37 bits per heavy atom. The average molecular weight is 255 g/mol. The van der Waals surface area contributed by atoms with E-state index >= 15 is 0 Å². The van der Waals surface area contributed by atoms with Gasteiger partial charge in [0.1, 0.15) is 11.5 Å². The summed E-state index contributed by atoms with van der Waals surface area (Å²) in [6.07, 6.45) is 2.74. The molecule has 0 amide bonds. The summed E-state index contributed by atoms with van der Waals surface area (Å²) in [6.45, 7) is 0. The van der Waals surface area contributed by atoms with Gasteiger partial charge in [-0.25, -0.2) is 0 Å². The summed E-state index contributed by atoms with van der Waals surface area (Å²) in [7, 11) is 0. The molecule has 0 bridgehead atoms. The van der Waals surface area contributed by atoms with Crippen LogP contribution in [0.1, 0.15) is 15.9 Å². The minimum atomic E-state index is -0.418. The lowest BCUT2D eigenvalue weighted by Crippen LogP contribution is -2.00. The van der Waals surface area contributed by atoms with E-state index in [1.54, 1.807) is 30.3 Å². The van der Waals surface area contributed by atoms with Gasteiger partial charge in [0.15, 0.2) is 5.78 Å².